The molecule has 1 saturated heterocycles. The van der Waals surface area contributed by atoms with Crippen LogP contribution in [0, 0.1) is 6.92 Å². The molecule has 0 bridgehead atoms. The minimum absolute atomic E-state index is 0.0456. The molecule has 1 aliphatic heterocycles. The zero-order chi connectivity index (χ0) is 20.0. The van der Waals surface area contributed by atoms with Crippen molar-refractivity contribution in [1.29, 1.82) is 0 Å². The number of amides is 1. The van der Waals surface area contributed by atoms with Gasteiger partial charge >= 0.3 is 0 Å². The van der Waals surface area contributed by atoms with Crippen molar-refractivity contribution in [2.45, 2.75) is 25.7 Å². The second kappa shape index (κ2) is 6.96. The van der Waals surface area contributed by atoms with Crippen LogP contribution in [0.25, 0.3) is 11.5 Å². The molecule has 1 N–H and O–H groups in total. The lowest BCUT2D eigenvalue weighted by atomic mass is 9.97. The lowest BCUT2D eigenvalue weighted by Gasteiger charge is -2.31. The quantitative estimate of drug-likeness (QED) is 0.558. The summed E-state index contributed by atoms with van der Waals surface area (Å²) in [5, 5.41) is 11.8. The number of nitrogens with zero attached hydrogens (tertiary/aromatic N) is 6. The maximum Gasteiger partial charge on any atom is 0.276 e. The largest absolute Gasteiger partial charge is 0.338 e. The Morgan fingerprint density at radius 2 is 2.14 bits per heavy atom. The Hall–Kier alpha value is -3.27. The van der Waals surface area contributed by atoms with Gasteiger partial charge in [-0.2, -0.15) is 5.10 Å². The number of thiazole rings is 1. The Morgan fingerprint density at radius 1 is 1.31 bits per heavy atom. The van der Waals surface area contributed by atoms with E-state index in [2.05, 4.69) is 20.2 Å². The first-order valence-corrected chi connectivity index (χ1v) is 10.3. The predicted molar refractivity (Wildman–Crippen MR) is 108 cm³/mol. The number of carbonyl (C=O) groups is 1. The highest BCUT2D eigenvalue weighted by molar-refractivity contribution is 7.09. The van der Waals surface area contributed by atoms with Gasteiger partial charge in [0.15, 0.2) is 0 Å². The molecule has 5 rings (SSSR count). The van der Waals surface area contributed by atoms with E-state index >= 15 is 0 Å². The van der Waals surface area contributed by atoms with Crippen LogP contribution in [0.5, 0.6) is 0 Å². The average Bonchev–Trinajstić information content (AvgIpc) is 3.48. The van der Waals surface area contributed by atoms with Gasteiger partial charge in [-0.1, -0.05) is 0 Å². The second-order valence-electron chi connectivity index (χ2n) is 7.11. The highest BCUT2D eigenvalue weighted by Crippen LogP contribution is 2.30. The topological polar surface area (TPSA) is 101 Å². The number of H-pyrrole nitrogens is 1. The lowest BCUT2D eigenvalue weighted by Crippen LogP contribution is -2.38. The number of carbonyl (C=O) groups excluding carboxylic acids is 1. The van der Waals surface area contributed by atoms with Crippen molar-refractivity contribution in [2.24, 2.45) is 0 Å². The number of aromatic nitrogens is 6. The van der Waals surface area contributed by atoms with E-state index in [-0.39, 0.29) is 17.4 Å². The molecule has 29 heavy (non-hydrogen) atoms. The SMILES string of the molecule is Cc1c(C(=O)N2CCC(c3nccs3)CC2)cnn1-c1nn2cccc2c(=O)[nH]1. The molecule has 5 heterocycles. The molecule has 4 aromatic heterocycles. The summed E-state index contributed by atoms with van der Waals surface area (Å²) in [4.78, 5) is 34.3. The molecular formula is C19H19N7O2S. The number of aromatic amines is 1. The summed E-state index contributed by atoms with van der Waals surface area (Å²) in [5.74, 6) is 0.652. The molecule has 148 valence electrons. The minimum Gasteiger partial charge on any atom is -0.338 e. The van der Waals surface area contributed by atoms with E-state index in [1.165, 1.54) is 9.20 Å². The van der Waals surface area contributed by atoms with E-state index < -0.39 is 0 Å². The fourth-order valence-electron chi connectivity index (χ4n) is 3.80. The summed E-state index contributed by atoms with van der Waals surface area (Å²) in [5.41, 5.74) is 1.37. The number of nitrogens with one attached hydrogen (secondary N) is 1. The van der Waals surface area contributed by atoms with Gasteiger partial charge in [-0.3, -0.25) is 14.6 Å². The summed E-state index contributed by atoms with van der Waals surface area (Å²) in [6.45, 7) is 3.19. The van der Waals surface area contributed by atoms with Crippen LogP contribution < -0.4 is 5.56 Å². The fraction of sp³-hybridized carbons (Fsp3) is 0.316. The lowest BCUT2D eigenvalue weighted by molar-refractivity contribution is 0.0712. The molecular weight excluding hydrogens is 390 g/mol. The van der Waals surface area contributed by atoms with Gasteiger partial charge in [-0.15, -0.1) is 16.4 Å². The highest BCUT2D eigenvalue weighted by Gasteiger charge is 2.28. The molecule has 0 saturated carbocycles. The van der Waals surface area contributed by atoms with Gasteiger partial charge in [-0.25, -0.2) is 14.2 Å². The van der Waals surface area contributed by atoms with E-state index in [1.54, 1.807) is 35.9 Å². The van der Waals surface area contributed by atoms with Crippen LogP contribution in [-0.4, -0.2) is 53.3 Å². The van der Waals surface area contributed by atoms with E-state index in [4.69, 9.17) is 0 Å². The van der Waals surface area contributed by atoms with Gasteiger partial charge in [0, 0.05) is 36.8 Å². The Morgan fingerprint density at radius 3 is 2.90 bits per heavy atom. The monoisotopic (exact) mass is 409 g/mol. The molecule has 0 aromatic carbocycles. The molecule has 1 aliphatic rings. The average molecular weight is 409 g/mol. The van der Waals surface area contributed by atoms with E-state index in [9.17, 15) is 9.59 Å². The smallest absolute Gasteiger partial charge is 0.276 e. The van der Waals surface area contributed by atoms with E-state index in [0.717, 1.165) is 17.8 Å². The molecule has 9 nitrogen and oxygen atoms in total. The fourth-order valence-corrected chi connectivity index (χ4v) is 4.61. The van der Waals surface area contributed by atoms with Gasteiger partial charge in [0.25, 0.3) is 11.5 Å². The van der Waals surface area contributed by atoms with Crippen LogP contribution in [0.3, 0.4) is 0 Å². The number of fused-ring (bicyclic) bond motifs is 1. The maximum atomic E-state index is 13.1. The van der Waals surface area contributed by atoms with Crippen molar-refractivity contribution < 1.29 is 4.79 Å². The van der Waals surface area contributed by atoms with Crippen molar-refractivity contribution in [2.75, 3.05) is 13.1 Å². The second-order valence-corrected chi connectivity index (χ2v) is 8.03. The molecule has 0 radical (unpaired) electrons. The molecule has 0 atom stereocenters. The van der Waals surface area contributed by atoms with Gasteiger partial charge in [0.05, 0.1) is 22.5 Å². The molecule has 4 aromatic rings. The van der Waals surface area contributed by atoms with Crippen LogP contribution in [0.4, 0.5) is 0 Å². The summed E-state index contributed by atoms with van der Waals surface area (Å²) < 4.78 is 3.00. The standard InChI is InChI=1S/C19H19N7O2S/c1-12-14(18(28)24-8-4-13(5-9-24)17-20-6-10-29-17)11-21-26(12)19-22-16(27)15-3-2-7-25(15)23-19/h2-3,6-7,10-11,13H,4-5,8-9H2,1H3,(H,22,23,27). The van der Waals surface area contributed by atoms with Gasteiger partial charge in [0.1, 0.15) is 5.52 Å². The van der Waals surface area contributed by atoms with Crippen molar-refractivity contribution in [3.05, 3.63) is 62.7 Å². The predicted octanol–water partition coefficient (Wildman–Crippen LogP) is 1.99. The number of likely N-dealkylation sites (tertiary alicyclic amines) is 1. The third-order valence-electron chi connectivity index (χ3n) is 5.41. The van der Waals surface area contributed by atoms with E-state index in [0.29, 0.717) is 35.8 Å². The Kier molecular flexibility index (Phi) is 4.27. The zero-order valence-corrected chi connectivity index (χ0v) is 16.6. The number of hydrogen-bond donors (Lipinski definition) is 1. The number of rotatable bonds is 3. The molecule has 0 aliphatic carbocycles. The molecule has 0 spiro atoms. The maximum absolute atomic E-state index is 13.1. The summed E-state index contributed by atoms with van der Waals surface area (Å²) in [6.07, 6.45) is 6.89. The van der Waals surface area contributed by atoms with Crippen LogP contribution in [-0.2, 0) is 0 Å². The van der Waals surface area contributed by atoms with Crippen molar-refractivity contribution in [1.82, 2.24) is 34.3 Å². The number of hydrogen-bond acceptors (Lipinski definition) is 6. The van der Waals surface area contributed by atoms with Crippen molar-refractivity contribution in [3.63, 3.8) is 0 Å². The van der Waals surface area contributed by atoms with Crippen LogP contribution in [0.1, 0.15) is 39.8 Å². The van der Waals surface area contributed by atoms with Crippen LogP contribution in [0.15, 0.2) is 40.9 Å². The zero-order valence-electron chi connectivity index (χ0n) is 15.8. The molecule has 1 amide bonds. The first kappa shape index (κ1) is 17.8. The Bertz CT molecular complexity index is 1230. The number of piperidine rings is 1. The third kappa shape index (κ3) is 3.05. The third-order valence-corrected chi connectivity index (χ3v) is 6.35. The van der Waals surface area contributed by atoms with Crippen molar-refractivity contribution >= 4 is 22.8 Å². The molecule has 0 unspecified atom stereocenters. The first-order valence-electron chi connectivity index (χ1n) is 9.43. The van der Waals surface area contributed by atoms with E-state index in [1.807, 2.05) is 23.4 Å². The van der Waals surface area contributed by atoms with Crippen molar-refractivity contribution in [3.8, 4) is 5.95 Å². The van der Waals surface area contributed by atoms with Gasteiger partial charge < -0.3 is 4.90 Å². The van der Waals surface area contributed by atoms with Crippen LogP contribution in [0.2, 0.25) is 0 Å². The van der Waals surface area contributed by atoms with Crippen LogP contribution >= 0.6 is 11.3 Å². The molecule has 1 fully saturated rings. The minimum atomic E-state index is -0.257. The summed E-state index contributed by atoms with van der Waals surface area (Å²) in [6, 6.07) is 3.44. The van der Waals surface area contributed by atoms with Gasteiger partial charge in [-0.05, 0) is 31.9 Å². The Balaban J connectivity index is 1.38. The van der Waals surface area contributed by atoms with Gasteiger partial charge in [0.2, 0.25) is 5.95 Å². The molecule has 10 heteroatoms. The highest BCUT2D eigenvalue weighted by atomic mass is 32.1. The Labute approximate surface area is 169 Å². The summed E-state index contributed by atoms with van der Waals surface area (Å²) in [7, 11) is 0. The summed E-state index contributed by atoms with van der Waals surface area (Å²) >= 11 is 1.68. The normalized spacial score (nSPS) is 15.3. The first-order chi connectivity index (χ1) is 14.1.